The second kappa shape index (κ2) is 10.1. The van der Waals surface area contributed by atoms with Crippen LogP contribution >= 0.6 is 0 Å². The van der Waals surface area contributed by atoms with Crippen LogP contribution in [0.1, 0.15) is 25.1 Å². The quantitative estimate of drug-likeness (QED) is 0.584. The van der Waals surface area contributed by atoms with Gasteiger partial charge >= 0.3 is 0 Å². The number of nitrogens with one attached hydrogen (secondary N) is 1. The second-order valence-corrected chi connectivity index (χ2v) is 7.14. The van der Waals surface area contributed by atoms with E-state index < -0.39 is 0 Å². The number of aryl methyl sites for hydroxylation is 1. The lowest BCUT2D eigenvalue weighted by atomic mass is 10.2. The summed E-state index contributed by atoms with van der Waals surface area (Å²) in [5.41, 5.74) is 2.13. The first-order valence-corrected chi connectivity index (χ1v) is 10.0. The molecule has 1 aromatic heterocycles. The lowest BCUT2D eigenvalue weighted by Gasteiger charge is -2.36. The summed E-state index contributed by atoms with van der Waals surface area (Å²) in [5, 5.41) is 7.42. The average Bonchev–Trinajstić information content (AvgIpc) is 3.21. The molecule has 1 N–H and O–H groups in total. The number of piperazine rings is 1. The molecule has 28 heavy (non-hydrogen) atoms. The summed E-state index contributed by atoms with van der Waals surface area (Å²) in [6.45, 7) is 12.4. The van der Waals surface area contributed by atoms with Crippen molar-refractivity contribution in [2.75, 3.05) is 39.3 Å². The number of ether oxygens (including phenoxy) is 1. The molecule has 0 bridgehead atoms. The first kappa shape index (κ1) is 20.2. The number of rotatable bonds is 7. The van der Waals surface area contributed by atoms with Crippen molar-refractivity contribution >= 4 is 5.96 Å². The molecule has 152 valence electrons. The molecular formula is C21H31N5O2. The highest BCUT2D eigenvalue weighted by atomic mass is 16.5. The zero-order chi connectivity index (χ0) is 19.8. The molecule has 1 fully saturated rings. The molecule has 1 aromatic carbocycles. The third-order valence-corrected chi connectivity index (χ3v) is 4.80. The van der Waals surface area contributed by atoms with Gasteiger partial charge in [-0.25, -0.2) is 4.99 Å². The van der Waals surface area contributed by atoms with Crippen molar-refractivity contribution in [3.05, 3.63) is 47.9 Å². The van der Waals surface area contributed by atoms with Gasteiger partial charge in [-0.1, -0.05) is 23.4 Å². The van der Waals surface area contributed by atoms with Crippen LogP contribution in [0.2, 0.25) is 0 Å². The third-order valence-electron chi connectivity index (χ3n) is 4.80. The Kier molecular flexibility index (Phi) is 7.31. The fraction of sp³-hybridized carbons (Fsp3) is 0.524. The number of benzene rings is 1. The van der Waals surface area contributed by atoms with Crippen LogP contribution in [0, 0.1) is 6.92 Å². The lowest BCUT2D eigenvalue weighted by Crippen LogP contribution is -2.52. The molecule has 2 heterocycles. The predicted molar refractivity (Wildman–Crippen MR) is 111 cm³/mol. The standard InChI is InChI=1S/C21H31N5O2/c1-4-22-21(23-15-18(3)28-20-8-6-5-7-17(20)2)26-12-10-25(11-13-26)16-19-9-14-27-24-19/h5-9,14,18H,4,10-13,15-16H2,1-3H3,(H,22,23). The van der Waals surface area contributed by atoms with Crippen LogP contribution in [-0.4, -0.2) is 66.3 Å². The maximum Gasteiger partial charge on any atom is 0.194 e. The number of hydrogen-bond acceptors (Lipinski definition) is 5. The van der Waals surface area contributed by atoms with Crippen LogP contribution in [0.5, 0.6) is 5.75 Å². The molecule has 0 radical (unpaired) electrons. The number of aromatic nitrogens is 1. The van der Waals surface area contributed by atoms with Gasteiger partial charge in [0.25, 0.3) is 0 Å². The molecule has 0 aliphatic carbocycles. The van der Waals surface area contributed by atoms with Gasteiger partial charge in [0.15, 0.2) is 5.96 Å². The molecule has 0 saturated carbocycles. The summed E-state index contributed by atoms with van der Waals surface area (Å²) < 4.78 is 11.0. The van der Waals surface area contributed by atoms with Gasteiger partial charge < -0.3 is 19.5 Å². The first-order valence-electron chi connectivity index (χ1n) is 10.0. The van der Waals surface area contributed by atoms with Gasteiger partial charge in [-0.2, -0.15) is 0 Å². The van der Waals surface area contributed by atoms with Crippen molar-refractivity contribution in [3.63, 3.8) is 0 Å². The fourth-order valence-electron chi connectivity index (χ4n) is 3.25. The number of nitrogens with zero attached hydrogens (tertiary/aromatic N) is 4. The molecule has 1 saturated heterocycles. The fourth-order valence-corrected chi connectivity index (χ4v) is 3.25. The summed E-state index contributed by atoms with van der Waals surface area (Å²) in [5.74, 6) is 1.89. The van der Waals surface area contributed by atoms with E-state index in [2.05, 4.69) is 47.1 Å². The van der Waals surface area contributed by atoms with Gasteiger partial charge in [0.2, 0.25) is 0 Å². The van der Waals surface area contributed by atoms with Crippen molar-refractivity contribution in [2.45, 2.75) is 33.4 Å². The minimum absolute atomic E-state index is 0.0169. The number of hydrogen-bond donors (Lipinski definition) is 1. The van der Waals surface area contributed by atoms with Gasteiger partial charge in [-0.3, -0.25) is 4.90 Å². The second-order valence-electron chi connectivity index (χ2n) is 7.14. The summed E-state index contributed by atoms with van der Waals surface area (Å²) >= 11 is 0. The van der Waals surface area contributed by atoms with Gasteiger partial charge in [0, 0.05) is 45.3 Å². The van der Waals surface area contributed by atoms with Crippen molar-refractivity contribution in [1.82, 2.24) is 20.3 Å². The highest BCUT2D eigenvalue weighted by Gasteiger charge is 2.20. The summed E-state index contributed by atoms with van der Waals surface area (Å²) in [6, 6.07) is 10.0. The van der Waals surface area contributed by atoms with Gasteiger partial charge in [0.05, 0.1) is 12.2 Å². The zero-order valence-corrected chi connectivity index (χ0v) is 17.1. The SMILES string of the molecule is CCNC(=NCC(C)Oc1ccccc1C)N1CCN(Cc2ccon2)CC1. The summed E-state index contributed by atoms with van der Waals surface area (Å²) in [4.78, 5) is 9.54. The van der Waals surface area contributed by atoms with Gasteiger partial charge in [-0.05, 0) is 32.4 Å². The Labute approximate surface area is 167 Å². The average molecular weight is 386 g/mol. The monoisotopic (exact) mass is 385 g/mol. The Morgan fingerprint density at radius 1 is 1.25 bits per heavy atom. The Morgan fingerprint density at radius 2 is 2.04 bits per heavy atom. The Balaban J connectivity index is 1.52. The van der Waals surface area contributed by atoms with Crippen LogP contribution in [0.3, 0.4) is 0 Å². The maximum atomic E-state index is 6.06. The molecule has 0 spiro atoms. The van der Waals surface area contributed by atoms with E-state index in [1.54, 1.807) is 6.26 Å². The normalized spacial score (nSPS) is 16.8. The van der Waals surface area contributed by atoms with E-state index >= 15 is 0 Å². The molecule has 1 atom stereocenters. The third kappa shape index (κ3) is 5.73. The number of guanidine groups is 1. The Bertz CT molecular complexity index is 739. The maximum absolute atomic E-state index is 6.06. The molecule has 1 aliphatic heterocycles. The molecule has 1 unspecified atom stereocenters. The van der Waals surface area contributed by atoms with E-state index in [1.165, 1.54) is 0 Å². The predicted octanol–water partition coefficient (Wildman–Crippen LogP) is 2.53. The summed E-state index contributed by atoms with van der Waals surface area (Å²) in [7, 11) is 0. The Hall–Kier alpha value is -2.54. The minimum atomic E-state index is 0.0169. The smallest absolute Gasteiger partial charge is 0.194 e. The van der Waals surface area contributed by atoms with Crippen LogP contribution in [0.25, 0.3) is 0 Å². The molecule has 0 amide bonds. The van der Waals surface area contributed by atoms with Crippen molar-refractivity contribution < 1.29 is 9.26 Å². The minimum Gasteiger partial charge on any atom is -0.489 e. The van der Waals surface area contributed by atoms with Crippen molar-refractivity contribution in [3.8, 4) is 5.75 Å². The van der Waals surface area contributed by atoms with E-state index in [-0.39, 0.29) is 6.10 Å². The van der Waals surface area contributed by atoms with E-state index in [0.29, 0.717) is 6.54 Å². The molecule has 1 aliphatic rings. The highest BCUT2D eigenvalue weighted by molar-refractivity contribution is 5.80. The van der Waals surface area contributed by atoms with E-state index in [1.807, 2.05) is 24.3 Å². The zero-order valence-electron chi connectivity index (χ0n) is 17.1. The lowest BCUT2D eigenvalue weighted by molar-refractivity contribution is 0.168. The first-order chi connectivity index (χ1) is 13.7. The van der Waals surface area contributed by atoms with Crippen LogP contribution in [0.15, 0.2) is 46.1 Å². The molecule has 7 heteroatoms. The molecular weight excluding hydrogens is 354 g/mol. The number of aliphatic imine (C=N–C) groups is 1. The van der Waals surface area contributed by atoms with Gasteiger partial charge in [0.1, 0.15) is 18.1 Å². The van der Waals surface area contributed by atoms with E-state index in [0.717, 1.165) is 62.2 Å². The van der Waals surface area contributed by atoms with E-state index in [9.17, 15) is 0 Å². The van der Waals surface area contributed by atoms with Crippen LogP contribution in [0.4, 0.5) is 0 Å². The number of para-hydroxylation sites is 1. The van der Waals surface area contributed by atoms with Crippen LogP contribution < -0.4 is 10.1 Å². The molecule has 7 nitrogen and oxygen atoms in total. The van der Waals surface area contributed by atoms with Gasteiger partial charge in [-0.15, -0.1) is 0 Å². The topological polar surface area (TPSA) is 66.1 Å². The van der Waals surface area contributed by atoms with Crippen molar-refractivity contribution in [2.24, 2.45) is 4.99 Å². The van der Waals surface area contributed by atoms with Crippen molar-refractivity contribution in [1.29, 1.82) is 0 Å². The van der Waals surface area contributed by atoms with Crippen LogP contribution in [-0.2, 0) is 6.54 Å². The Morgan fingerprint density at radius 3 is 2.71 bits per heavy atom. The molecule has 2 aromatic rings. The van der Waals surface area contributed by atoms with E-state index in [4.69, 9.17) is 14.3 Å². The summed E-state index contributed by atoms with van der Waals surface area (Å²) in [6.07, 6.45) is 1.64. The largest absolute Gasteiger partial charge is 0.489 e. The highest BCUT2D eigenvalue weighted by Crippen LogP contribution is 2.18. The molecule has 3 rings (SSSR count).